The van der Waals surface area contributed by atoms with Crippen LogP contribution in [-0.2, 0) is 4.79 Å². The average Bonchev–Trinajstić information content (AvgIpc) is 2.50. The van der Waals surface area contributed by atoms with Crippen LogP contribution in [-0.4, -0.2) is 22.7 Å². The Morgan fingerprint density at radius 1 is 1.62 bits per heavy atom. The zero-order valence-corrected chi connectivity index (χ0v) is 10.7. The van der Waals surface area contributed by atoms with E-state index >= 15 is 0 Å². The van der Waals surface area contributed by atoms with Crippen molar-refractivity contribution in [3.63, 3.8) is 0 Å². The molecule has 0 aliphatic rings. The second-order valence-electron chi connectivity index (χ2n) is 3.32. The standard InChI is InChI=1S/C9H13N3O2S.ClH/c1-5(10)3-8(14)12-9-11-7(4-15-9)6(2)13;/h4-5H,3,10H2,1-2H3,(H,11,12,14);1H. The van der Waals surface area contributed by atoms with Crippen molar-refractivity contribution in [3.05, 3.63) is 11.1 Å². The highest BCUT2D eigenvalue weighted by Crippen LogP contribution is 2.15. The van der Waals surface area contributed by atoms with Crippen molar-refractivity contribution in [1.29, 1.82) is 0 Å². The van der Waals surface area contributed by atoms with Gasteiger partial charge in [-0.25, -0.2) is 4.98 Å². The Morgan fingerprint density at radius 2 is 2.25 bits per heavy atom. The minimum absolute atomic E-state index is 0. The number of halogens is 1. The van der Waals surface area contributed by atoms with Gasteiger partial charge < -0.3 is 11.1 Å². The van der Waals surface area contributed by atoms with E-state index in [-0.39, 0.29) is 36.6 Å². The summed E-state index contributed by atoms with van der Waals surface area (Å²) in [5.41, 5.74) is 5.84. The topological polar surface area (TPSA) is 85.1 Å². The van der Waals surface area contributed by atoms with E-state index in [1.54, 1.807) is 12.3 Å². The lowest BCUT2D eigenvalue weighted by Gasteiger charge is -2.03. The molecule has 1 heterocycles. The molecule has 1 atom stereocenters. The lowest BCUT2D eigenvalue weighted by molar-refractivity contribution is -0.116. The van der Waals surface area contributed by atoms with Gasteiger partial charge in [-0.2, -0.15) is 0 Å². The van der Waals surface area contributed by atoms with E-state index in [2.05, 4.69) is 10.3 Å². The largest absolute Gasteiger partial charge is 0.327 e. The summed E-state index contributed by atoms with van der Waals surface area (Å²) in [4.78, 5) is 26.2. The number of nitrogens with two attached hydrogens (primary N) is 1. The van der Waals surface area contributed by atoms with Gasteiger partial charge in [0.2, 0.25) is 5.91 Å². The van der Waals surface area contributed by atoms with E-state index in [0.717, 1.165) is 0 Å². The van der Waals surface area contributed by atoms with E-state index in [1.165, 1.54) is 18.3 Å². The van der Waals surface area contributed by atoms with Crippen LogP contribution in [0.3, 0.4) is 0 Å². The molecule has 0 aliphatic carbocycles. The van der Waals surface area contributed by atoms with Gasteiger partial charge in [-0.1, -0.05) is 0 Å². The summed E-state index contributed by atoms with van der Waals surface area (Å²) in [6, 6.07) is -0.183. The maximum Gasteiger partial charge on any atom is 0.227 e. The summed E-state index contributed by atoms with van der Waals surface area (Å²) in [6.07, 6.45) is 0.245. The molecule has 3 N–H and O–H groups in total. The summed E-state index contributed by atoms with van der Waals surface area (Å²) < 4.78 is 0. The number of rotatable bonds is 4. The van der Waals surface area contributed by atoms with E-state index in [9.17, 15) is 9.59 Å². The number of nitrogens with one attached hydrogen (secondary N) is 1. The van der Waals surface area contributed by atoms with Crippen LogP contribution in [0.4, 0.5) is 5.13 Å². The second-order valence-corrected chi connectivity index (χ2v) is 4.18. The number of amides is 1. The first kappa shape index (κ1) is 15.0. The highest BCUT2D eigenvalue weighted by atomic mass is 35.5. The Balaban J connectivity index is 0.00000225. The highest BCUT2D eigenvalue weighted by Gasteiger charge is 2.10. The van der Waals surface area contributed by atoms with Crippen molar-refractivity contribution in [1.82, 2.24) is 4.98 Å². The minimum Gasteiger partial charge on any atom is -0.327 e. The molecule has 1 aromatic heterocycles. The molecule has 90 valence electrons. The molecule has 0 bridgehead atoms. The number of hydrogen-bond acceptors (Lipinski definition) is 5. The van der Waals surface area contributed by atoms with Gasteiger partial charge >= 0.3 is 0 Å². The van der Waals surface area contributed by atoms with Crippen LogP contribution in [0.25, 0.3) is 0 Å². The fraction of sp³-hybridized carbons (Fsp3) is 0.444. The number of ketones is 1. The predicted molar refractivity (Wildman–Crippen MR) is 66.3 cm³/mol. The van der Waals surface area contributed by atoms with Crippen molar-refractivity contribution >= 4 is 40.6 Å². The molecule has 0 fully saturated rings. The van der Waals surface area contributed by atoms with Gasteiger partial charge in [0.25, 0.3) is 0 Å². The fourth-order valence-electron chi connectivity index (χ4n) is 0.956. The first-order valence-corrected chi connectivity index (χ1v) is 5.39. The number of Topliss-reactive ketones (excluding diaryl/α,β-unsaturated/α-hetero) is 1. The molecular weight excluding hydrogens is 250 g/mol. The van der Waals surface area contributed by atoms with Crippen LogP contribution in [0, 0.1) is 0 Å². The molecule has 0 aliphatic heterocycles. The summed E-state index contributed by atoms with van der Waals surface area (Å²) in [7, 11) is 0. The molecule has 1 aromatic rings. The molecule has 0 radical (unpaired) electrons. The van der Waals surface area contributed by atoms with Gasteiger partial charge in [0.1, 0.15) is 5.69 Å². The number of carbonyl (C=O) groups is 2. The maximum absolute atomic E-state index is 11.3. The van der Waals surface area contributed by atoms with Crippen LogP contribution in [0.1, 0.15) is 30.8 Å². The molecule has 1 rings (SSSR count). The number of nitrogens with zero attached hydrogens (tertiary/aromatic N) is 1. The van der Waals surface area contributed by atoms with Gasteiger partial charge in [-0.15, -0.1) is 23.7 Å². The van der Waals surface area contributed by atoms with Gasteiger partial charge in [0.05, 0.1) is 0 Å². The van der Waals surface area contributed by atoms with Crippen LogP contribution in [0.5, 0.6) is 0 Å². The number of anilines is 1. The van der Waals surface area contributed by atoms with Gasteiger partial charge in [-0.3, -0.25) is 9.59 Å². The summed E-state index contributed by atoms with van der Waals surface area (Å²) in [5, 5.41) is 4.64. The molecular formula is C9H14ClN3O2S. The smallest absolute Gasteiger partial charge is 0.227 e. The molecule has 1 amide bonds. The molecule has 16 heavy (non-hydrogen) atoms. The molecule has 0 aromatic carbocycles. The third kappa shape index (κ3) is 4.69. The van der Waals surface area contributed by atoms with E-state index in [4.69, 9.17) is 5.73 Å². The second kappa shape index (κ2) is 6.57. The lowest BCUT2D eigenvalue weighted by atomic mass is 10.2. The van der Waals surface area contributed by atoms with Crippen LogP contribution < -0.4 is 11.1 Å². The third-order valence-corrected chi connectivity index (χ3v) is 2.38. The minimum atomic E-state index is -0.186. The van der Waals surface area contributed by atoms with Crippen LogP contribution in [0.2, 0.25) is 0 Å². The average molecular weight is 264 g/mol. The molecule has 0 saturated heterocycles. The summed E-state index contributed by atoms with van der Waals surface area (Å²) in [6.45, 7) is 3.19. The molecule has 1 unspecified atom stereocenters. The molecule has 5 nitrogen and oxygen atoms in total. The quantitative estimate of drug-likeness (QED) is 0.805. The number of aromatic nitrogens is 1. The maximum atomic E-state index is 11.3. The Labute approximate surface area is 104 Å². The number of hydrogen-bond donors (Lipinski definition) is 2. The predicted octanol–water partition coefficient (Wildman–Crippen LogP) is 1.44. The van der Waals surface area contributed by atoms with E-state index in [0.29, 0.717) is 10.8 Å². The highest BCUT2D eigenvalue weighted by molar-refractivity contribution is 7.14. The Hall–Kier alpha value is -0.980. The van der Waals surface area contributed by atoms with Gasteiger partial charge in [0.15, 0.2) is 10.9 Å². The van der Waals surface area contributed by atoms with E-state index in [1.807, 2.05) is 0 Å². The first-order chi connectivity index (χ1) is 6.99. The number of thiazole rings is 1. The molecule has 0 saturated carbocycles. The normalized spacial score (nSPS) is 11.4. The summed E-state index contributed by atoms with van der Waals surface area (Å²) >= 11 is 1.23. The molecule has 7 heteroatoms. The van der Waals surface area contributed by atoms with Crippen LogP contribution >= 0.6 is 23.7 Å². The van der Waals surface area contributed by atoms with Crippen molar-refractivity contribution in [2.24, 2.45) is 5.73 Å². The Morgan fingerprint density at radius 3 is 2.69 bits per heavy atom. The fourth-order valence-corrected chi connectivity index (χ4v) is 1.72. The third-order valence-electron chi connectivity index (χ3n) is 1.62. The monoisotopic (exact) mass is 263 g/mol. The number of carbonyl (C=O) groups excluding carboxylic acids is 2. The van der Waals surface area contributed by atoms with E-state index < -0.39 is 0 Å². The van der Waals surface area contributed by atoms with Gasteiger partial charge in [-0.05, 0) is 6.92 Å². The first-order valence-electron chi connectivity index (χ1n) is 4.51. The molecule has 0 spiro atoms. The SMILES string of the molecule is CC(=O)c1csc(NC(=O)CC(C)N)n1.Cl. The zero-order valence-electron chi connectivity index (χ0n) is 9.02. The lowest BCUT2D eigenvalue weighted by Crippen LogP contribution is -2.23. The van der Waals surface area contributed by atoms with Gasteiger partial charge in [0, 0.05) is 24.8 Å². The Kier molecular flexibility index (Phi) is 6.17. The van der Waals surface area contributed by atoms with Crippen molar-refractivity contribution in [2.75, 3.05) is 5.32 Å². The summed E-state index contributed by atoms with van der Waals surface area (Å²) in [5.74, 6) is -0.298. The van der Waals surface area contributed by atoms with Crippen LogP contribution in [0.15, 0.2) is 5.38 Å². The van der Waals surface area contributed by atoms with Crippen molar-refractivity contribution < 1.29 is 9.59 Å². The van der Waals surface area contributed by atoms with Crippen molar-refractivity contribution in [2.45, 2.75) is 26.3 Å². The Bertz CT molecular complexity index is 379. The zero-order chi connectivity index (χ0) is 11.4. The van der Waals surface area contributed by atoms with Crippen molar-refractivity contribution in [3.8, 4) is 0 Å².